The van der Waals surface area contributed by atoms with Crippen LogP contribution in [-0.2, 0) is 18.0 Å². The maximum Gasteiger partial charge on any atom is 0.957 e. The Morgan fingerprint density at radius 2 is 0.889 bits per heavy atom. The third-order valence-corrected chi connectivity index (χ3v) is 4.75. The minimum absolute atomic E-state index is 0.468. The van der Waals surface area contributed by atoms with E-state index in [4.69, 9.17) is 18.0 Å². The average Bonchev–Trinajstić information content (AvgIpc) is 2.52. The molecule has 0 heterocycles. The van der Waals surface area contributed by atoms with Gasteiger partial charge in [-0.25, -0.2) is 0 Å². The number of oxime groups is 3. The predicted molar refractivity (Wildman–Crippen MR) is 114 cm³/mol. The smallest absolute Gasteiger partial charge is 0.351 e. The first-order chi connectivity index (χ1) is 12.5. The normalized spacial score (nSPS) is 16.1. The summed E-state index contributed by atoms with van der Waals surface area (Å²) < 4.78 is 22.3. The van der Waals surface area contributed by atoms with Crippen molar-refractivity contribution < 1.29 is 18.0 Å². The first kappa shape index (κ1) is 25.6. The summed E-state index contributed by atoms with van der Waals surface area (Å²) >= 11 is 0. The van der Waals surface area contributed by atoms with Crippen molar-refractivity contribution in [3.63, 3.8) is 0 Å². The Kier molecular flexibility index (Phi) is 12.2. The Bertz CT molecular complexity index is 448. The standard InChI is InChI=1S/C19H39N3O4Si/c1-14(2)11-17(7)20-24-27(23-10,25-21-18(8)12-15(3)4)26-22-19(9)13-16(5)6/h14-16H,11-13H2,1-10H3. The van der Waals surface area contributed by atoms with Gasteiger partial charge >= 0.3 is 9.05 Å². The molecule has 0 aliphatic rings. The second-order valence-electron chi connectivity index (χ2n) is 8.25. The van der Waals surface area contributed by atoms with E-state index in [-0.39, 0.29) is 0 Å². The van der Waals surface area contributed by atoms with Gasteiger partial charge < -0.3 is 18.0 Å². The third-order valence-electron chi connectivity index (χ3n) is 3.30. The molecule has 0 spiro atoms. The lowest BCUT2D eigenvalue weighted by atomic mass is 10.1. The van der Waals surface area contributed by atoms with Crippen LogP contribution in [0.5, 0.6) is 0 Å². The predicted octanol–water partition coefficient (Wildman–Crippen LogP) is 5.38. The Hall–Kier alpha value is -1.41. The van der Waals surface area contributed by atoms with Crippen LogP contribution in [-0.4, -0.2) is 33.3 Å². The van der Waals surface area contributed by atoms with Crippen LogP contribution in [0.1, 0.15) is 81.6 Å². The molecule has 0 N–H and O–H groups in total. The van der Waals surface area contributed by atoms with Gasteiger partial charge in [0.15, 0.2) is 0 Å². The van der Waals surface area contributed by atoms with Crippen LogP contribution in [0.25, 0.3) is 0 Å². The minimum Gasteiger partial charge on any atom is -0.351 e. The van der Waals surface area contributed by atoms with Crippen molar-refractivity contribution in [1.29, 1.82) is 0 Å². The van der Waals surface area contributed by atoms with Gasteiger partial charge in [-0.1, -0.05) is 41.5 Å². The van der Waals surface area contributed by atoms with Gasteiger partial charge in [0.1, 0.15) is 0 Å². The van der Waals surface area contributed by atoms with Crippen LogP contribution >= 0.6 is 0 Å². The van der Waals surface area contributed by atoms with Crippen LogP contribution in [0.2, 0.25) is 0 Å². The second kappa shape index (κ2) is 12.9. The Labute approximate surface area is 166 Å². The number of rotatable bonds is 13. The minimum atomic E-state index is -3.67. The van der Waals surface area contributed by atoms with Crippen molar-refractivity contribution in [3.05, 3.63) is 0 Å². The van der Waals surface area contributed by atoms with Crippen molar-refractivity contribution in [2.45, 2.75) is 81.6 Å². The van der Waals surface area contributed by atoms with E-state index in [1.165, 1.54) is 7.11 Å². The molecule has 0 aliphatic heterocycles. The molecule has 0 aromatic heterocycles. The molecule has 7 nitrogen and oxygen atoms in total. The second-order valence-corrected chi connectivity index (χ2v) is 10.2. The lowest BCUT2D eigenvalue weighted by Gasteiger charge is -2.19. The molecule has 0 aliphatic carbocycles. The van der Waals surface area contributed by atoms with Gasteiger partial charge in [-0.15, -0.1) is 15.5 Å². The highest BCUT2D eigenvalue weighted by Crippen LogP contribution is 2.16. The molecule has 0 rings (SSSR count). The van der Waals surface area contributed by atoms with Gasteiger partial charge in [0.25, 0.3) is 0 Å². The largest absolute Gasteiger partial charge is 0.957 e. The molecule has 0 saturated heterocycles. The third kappa shape index (κ3) is 12.6. The SMILES string of the molecule is CO[Si](ON=C(C)CC(C)C)(ON=C(C)CC(C)C)ON=C(C)CC(C)C. The van der Waals surface area contributed by atoms with Gasteiger partial charge in [0, 0.05) is 7.11 Å². The van der Waals surface area contributed by atoms with E-state index in [0.29, 0.717) is 17.8 Å². The highest BCUT2D eigenvalue weighted by Gasteiger charge is 2.57. The van der Waals surface area contributed by atoms with E-state index in [1.807, 2.05) is 20.8 Å². The maximum absolute atomic E-state index is 5.60. The zero-order chi connectivity index (χ0) is 21.0. The highest BCUT2D eigenvalue weighted by atomic mass is 28.4. The Morgan fingerprint density at radius 1 is 0.630 bits per heavy atom. The van der Waals surface area contributed by atoms with Crippen LogP contribution < -0.4 is 0 Å². The zero-order valence-corrected chi connectivity index (χ0v) is 19.8. The quantitative estimate of drug-likeness (QED) is 0.236. The molecule has 0 saturated carbocycles. The number of nitrogens with zero attached hydrogens (tertiary/aromatic N) is 3. The molecule has 0 bridgehead atoms. The fourth-order valence-electron chi connectivity index (χ4n) is 2.45. The van der Waals surface area contributed by atoms with Crippen molar-refractivity contribution in [3.8, 4) is 0 Å². The highest BCUT2D eigenvalue weighted by molar-refractivity contribution is 6.53. The zero-order valence-electron chi connectivity index (χ0n) is 18.8. The number of hydrogen-bond donors (Lipinski definition) is 0. The van der Waals surface area contributed by atoms with E-state index in [0.717, 1.165) is 36.4 Å². The molecule has 0 aromatic rings. The summed E-state index contributed by atoms with van der Waals surface area (Å²) in [5.41, 5.74) is 2.49. The molecular weight excluding hydrogens is 362 g/mol. The molecule has 0 unspecified atom stereocenters. The van der Waals surface area contributed by atoms with E-state index < -0.39 is 9.05 Å². The molecule has 0 atom stereocenters. The molecule has 0 aromatic carbocycles. The molecule has 0 radical (unpaired) electrons. The summed E-state index contributed by atoms with van der Waals surface area (Å²) in [6.45, 7) is 18.4. The summed E-state index contributed by atoms with van der Waals surface area (Å²) in [6, 6.07) is 0. The number of hydrogen-bond acceptors (Lipinski definition) is 7. The molecular formula is C19H39N3O4Si. The topological polar surface area (TPSA) is 74.0 Å². The summed E-state index contributed by atoms with van der Waals surface area (Å²) in [6.07, 6.45) is 2.42. The Morgan fingerprint density at radius 3 is 1.07 bits per heavy atom. The molecule has 158 valence electrons. The van der Waals surface area contributed by atoms with Crippen LogP contribution in [0.15, 0.2) is 15.5 Å². The summed E-state index contributed by atoms with van der Waals surface area (Å²) in [5, 5.41) is 12.5. The fraction of sp³-hybridized carbons (Fsp3) is 0.842. The first-order valence-corrected chi connectivity index (χ1v) is 11.3. The Balaban J connectivity index is 5.40. The summed E-state index contributed by atoms with van der Waals surface area (Å²) in [5.74, 6) is 1.40. The fourth-order valence-corrected chi connectivity index (χ4v) is 3.57. The van der Waals surface area contributed by atoms with E-state index in [9.17, 15) is 0 Å². The van der Waals surface area contributed by atoms with Crippen LogP contribution in [0.3, 0.4) is 0 Å². The van der Waals surface area contributed by atoms with Gasteiger partial charge in [0.05, 0.1) is 17.1 Å². The summed E-state index contributed by atoms with van der Waals surface area (Å²) in [7, 11) is -2.21. The first-order valence-electron chi connectivity index (χ1n) is 9.69. The van der Waals surface area contributed by atoms with Crippen molar-refractivity contribution in [1.82, 2.24) is 0 Å². The van der Waals surface area contributed by atoms with Gasteiger partial charge in [-0.3, -0.25) is 0 Å². The molecule has 0 amide bonds. The van der Waals surface area contributed by atoms with Gasteiger partial charge in [-0.2, -0.15) is 0 Å². The molecule has 0 fully saturated rings. The molecule has 27 heavy (non-hydrogen) atoms. The van der Waals surface area contributed by atoms with Crippen LogP contribution in [0, 0.1) is 17.8 Å². The lowest BCUT2D eigenvalue weighted by Crippen LogP contribution is -2.45. The van der Waals surface area contributed by atoms with Crippen molar-refractivity contribution >= 4 is 26.2 Å². The lowest BCUT2D eigenvalue weighted by molar-refractivity contribution is -0.0199. The summed E-state index contributed by atoms with van der Waals surface area (Å²) in [4.78, 5) is 0. The maximum atomic E-state index is 5.60. The average molecular weight is 402 g/mol. The van der Waals surface area contributed by atoms with Crippen molar-refractivity contribution in [2.75, 3.05) is 7.11 Å². The van der Waals surface area contributed by atoms with Crippen molar-refractivity contribution in [2.24, 2.45) is 33.2 Å². The van der Waals surface area contributed by atoms with E-state index in [1.54, 1.807) is 0 Å². The van der Waals surface area contributed by atoms with Gasteiger partial charge in [-0.05, 0) is 57.8 Å². The van der Waals surface area contributed by atoms with E-state index >= 15 is 0 Å². The van der Waals surface area contributed by atoms with Crippen LogP contribution in [0.4, 0.5) is 0 Å². The monoisotopic (exact) mass is 401 g/mol. The molecule has 8 heteroatoms. The van der Waals surface area contributed by atoms with Gasteiger partial charge in [0.2, 0.25) is 0 Å². The van der Waals surface area contributed by atoms with E-state index in [2.05, 4.69) is 57.0 Å².